The Morgan fingerprint density at radius 3 is 2.25 bits per heavy atom. The minimum absolute atomic E-state index is 0.262. The number of nitrogens with zero attached hydrogens (tertiary/aromatic N) is 1. The zero-order valence-corrected chi connectivity index (χ0v) is 11.0. The fourth-order valence-electron chi connectivity index (χ4n) is 2.51. The van der Waals surface area contributed by atoms with E-state index >= 15 is 0 Å². The van der Waals surface area contributed by atoms with Crippen molar-refractivity contribution in [2.75, 3.05) is 13.1 Å². The number of hydrogen-bond acceptors (Lipinski definition) is 2. The highest BCUT2D eigenvalue weighted by atomic mass is 19.4. The topological polar surface area (TPSA) is 26.3 Å². The summed E-state index contributed by atoms with van der Waals surface area (Å²) in [6, 6.07) is 9.14. The zero-order chi connectivity index (χ0) is 14.6. The van der Waals surface area contributed by atoms with Crippen LogP contribution in [0.25, 0.3) is 0 Å². The Hall–Kier alpha value is -1.56. The molecule has 1 aliphatic rings. The van der Waals surface area contributed by atoms with Crippen LogP contribution in [0.5, 0.6) is 0 Å². The van der Waals surface area contributed by atoms with E-state index in [0.29, 0.717) is 13.1 Å². The van der Waals surface area contributed by atoms with Crippen LogP contribution >= 0.6 is 0 Å². The Balaban J connectivity index is 2.15. The van der Waals surface area contributed by atoms with E-state index < -0.39 is 12.1 Å². The van der Waals surface area contributed by atoms with Crippen molar-refractivity contribution in [3.05, 3.63) is 35.9 Å². The molecule has 2 rings (SSSR count). The van der Waals surface area contributed by atoms with Crippen molar-refractivity contribution in [2.45, 2.75) is 32.0 Å². The normalized spacial score (nSPS) is 18.6. The fourth-order valence-corrected chi connectivity index (χ4v) is 2.51. The molecule has 0 atom stereocenters. The monoisotopic (exact) mass is 288 g/mol. The summed E-state index contributed by atoms with van der Waals surface area (Å²) in [6.07, 6.45) is -2.46. The lowest BCUT2D eigenvalue weighted by molar-refractivity contribution is -1.10. The van der Waals surface area contributed by atoms with Gasteiger partial charge in [-0.3, -0.25) is 4.84 Å². The minimum Gasteiger partial charge on any atom is -0.266 e. The van der Waals surface area contributed by atoms with E-state index in [0.717, 1.165) is 24.8 Å². The third kappa shape index (κ3) is 3.72. The molecule has 3 nitrogen and oxygen atoms in total. The molecule has 0 spiro atoms. The van der Waals surface area contributed by atoms with E-state index in [9.17, 15) is 18.0 Å². The molecule has 0 N–H and O–H groups in total. The van der Waals surface area contributed by atoms with Crippen molar-refractivity contribution in [1.29, 1.82) is 0 Å². The van der Waals surface area contributed by atoms with E-state index in [2.05, 4.69) is 0 Å². The van der Waals surface area contributed by atoms with Crippen LogP contribution < -0.4 is 0 Å². The fraction of sp³-hybridized carbons (Fsp3) is 0.500. The van der Waals surface area contributed by atoms with Crippen molar-refractivity contribution >= 4 is 5.97 Å². The molecule has 0 bridgehead atoms. The number of carbonyl (C=O) groups is 1. The molecular formula is C14H17F3NO2+. The number of benzene rings is 1. The number of carbonyl (C=O) groups excluding carboxylic acids is 1. The molecule has 0 amide bonds. The van der Waals surface area contributed by atoms with Gasteiger partial charge in [-0.05, 0) is 6.42 Å². The van der Waals surface area contributed by atoms with Gasteiger partial charge >= 0.3 is 12.1 Å². The van der Waals surface area contributed by atoms with Crippen molar-refractivity contribution in [3.8, 4) is 0 Å². The largest absolute Gasteiger partial charge is 0.497 e. The van der Waals surface area contributed by atoms with Gasteiger partial charge < -0.3 is 0 Å². The first-order chi connectivity index (χ1) is 9.41. The summed E-state index contributed by atoms with van der Waals surface area (Å²) in [5.41, 5.74) is 0.865. The van der Waals surface area contributed by atoms with Crippen LogP contribution in [-0.2, 0) is 16.2 Å². The van der Waals surface area contributed by atoms with E-state index in [-0.39, 0.29) is 11.2 Å². The Morgan fingerprint density at radius 1 is 1.10 bits per heavy atom. The van der Waals surface area contributed by atoms with Crippen molar-refractivity contribution < 1.29 is 27.4 Å². The first-order valence-electron chi connectivity index (χ1n) is 6.62. The van der Waals surface area contributed by atoms with Gasteiger partial charge in [0, 0.05) is 18.4 Å². The lowest BCUT2D eigenvalue weighted by Crippen LogP contribution is -2.53. The van der Waals surface area contributed by atoms with Gasteiger partial charge in [0.25, 0.3) is 0 Å². The van der Waals surface area contributed by atoms with Gasteiger partial charge in [0.15, 0.2) is 0 Å². The molecule has 6 heteroatoms. The SMILES string of the molecule is O=C(O[N+]1(Cc2ccccc2)CCCCC1)C(F)(F)F. The molecule has 0 aliphatic carbocycles. The lowest BCUT2D eigenvalue weighted by atomic mass is 10.1. The first-order valence-corrected chi connectivity index (χ1v) is 6.62. The number of quaternary nitrogens is 1. The molecule has 20 heavy (non-hydrogen) atoms. The van der Waals surface area contributed by atoms with Crippen LogP contribution in [0.4, 0.5) is 13.2 Å². The molecule has 0 saturated carbocycles. The number of piperidine rings is 1. The average Bonchev–Trinajstić information content (AvgIpc) is 2.39. The van der Waals surface area contributed by atoms with E-state index in [1.807, 2.05) is 30.3 Å². The van der Waals surface area contributed by atoms with Crippen molar-refractivity contribution in [3.63, 3.8) is 0 Å². The van der Waals surface area contributed by atoms with Crippen molar-refractivity contribution in [2.24, 2.45) is 0 Å². The Morgan fingerprint density at radius 2 is 1.70 bits per heavy atom. The van der Waals surface area contributed by atoms with Crippen LogP contribution in [0, 0.1) is 0 Å². The molecule has 1 heterocycles. The summed E-state index contributed by atoms with van der Waals surface area (Å²) < 4.78 is 37.0. The highest BCUT2D eigenvalue weighted by Crippen LogP contribution is 2.27. The molecule has 1 aromatic rings. The molecule has 0 aromatic heterocycles. The second-order valence-electron chi connectivity index (χ2n) is 5.09. The molecule has 1 fully saturated rings. The third-order valence-electron chi connectivity index (χ3n) is 3.45. The van der Waals surface area contributed by atoms with Gasteiger partial charge in [-0.2, -0.15) is 13.2 Å². The Kier molecular flexibility index (Phi) is 4.32. The van der Waals surface area contributed by atoms with Gasteiger partial charge in [0.1, 0.15) is 19.6 Å². The summed E-state index contributed by atoms with van der Waals surface area (Å²) in [6.45, 7) is 1.14. The van der Waals surface area contributed by atoms with Gasteiger partial charge in [0.05, 0.1) is 0 Å². The van der Waals surface area contributed by atoms with E-state index in [4.69, 9.17) is 4.84 Å². The summed E-state index contributed by atoms with van der Waals surface area (Å²) in [5, 5.41) is 0. The Bertz CT molecular complexity index is 453. The summed E-state index contributed by atoms with van der Waals surface area (Å²) in [4.78, 5) is 16.0. The predicted molar refractivity (Wildman–Crippen MR) is 66.1 cm³/mol. The van der Waals surface area contributed by atoms with Crippen LogP contribution in [0.15, 0.2) is 30.3 Å². The maximum atomic E-state index is 12.4. The molecule has 110 valence electrons. The number of hydroxylamine groups is 3. The van der Waals surface area contributed by atoms with Gasteiger partial charge in [-0.25, -0.2) is 4.79 Å². The Labute approximate surface area is 115 Å². The van der Waals surface area contributed by atoms with Gasteiger partial charge in [0.2, 0.25) is 0 Å². The van der Waals surface area contributed by atoms with Crippen LogP contribution in [0.3, 0.4) is 0 Å². The zero-order valence-electron chi connectivity index (χ0n) is 11.0. The number of likely N-dealkylation sites (tertiary alicyclic amines) is 1. The summed E-state index contributed by atoms with van der Waals surface area (Å²) >= 11 is 0. The summed E-state index contributed by atoms with van der Waals surface area (Å²) in [7, 11) is 0. The highest BCUT2D eigenvalue weighted by Gasteiger charge is 2.48. The van der Waals surface area contributed by atoms with E-state index in [1.54, 1.807) is 0 Å². The van der Waals surface area contributed by atoms with Crippen molar-refractivity contribution in [1.82, 2.24) is 0 Å². The quantitative estimate of drug-likeness (QED) is 0.798. The van der Waals surface area contributed by atoms with Crippen LogP contribution in [0.2, 0.25) is 0 Å². The van der Waals surface area contributed by atoms with Gasteiger partial charge in [-0.1, -0.05) is 30.3 Å². The average molecular weight is 288 g/mol. The second-order valence-corrected chi connectivity index (χ2v) is 5.09. The van der Waals surface area contributed by atoms with E-state index in [1.165, 1.54) is 0 Å². The number of rotatable bonds is 3. The predicted octanol–water partition coefficient (Wildman–Crippen LogP) is 3.21. The number of hydrogen-bond donors (Lipinski definition) is 0. The molecule has 1 saturated heterocycles. The molecule has 1 aromatic carbocycles. The molecule has 0 unspecified atom stereocenters. The summed E-state index contributed by atoms with van der Waals surface area (Å²) in [5.74, 6) is -2.10. The van der Waals surface area contributed by atoms with Crippen LogP contribution in [0.1, 0.15) is 24.8 Å². The molecule has 0 radical (unpaired) electrons. The molecule has 1 aliphatic heterocycles. The molecular weight excluding hydrogens is 271 g/mol. The third-order valence-corrected chi connectivity index (χ3v) is 3.45. The van der Waals surface area contributed by atoms with Crippen LogP contribution in [-0.4, -0.2) is 29.9 Å². The maximum Gasteiger partial charge on any atom is 0.497 e. The van der Waals surface area contributed by atoms with Gasteiger partial charge in [-0.15, -0.1) is 4.65 Å². The minimum atomic E-state index is -4.95. The smallest absolute Gasteiger partial charge is 0.266 e. The number of alkyl halides is 3. The maximum absolute atomic E-state index is 12.4. The second kappa shape index (κ2) is 5.83. The first kappa shape index (κ1) is 14.8. The lowest BCUT2D eigenvalue weighted by Gasteiger charge is -2.37. The number of halogens is 3. The standard InChI is InChI=1S/C14H17F3NO2/c15-14(16,17)13(19)20-18(9-5-2-6-10-18)11-12-7-3-1-4-8-12/h1,3-4,7-8H,2,5-6,9-11H2/q+1. The highest BCUT2D eigenvalue weighted by molar-refractivity contribution is 5.74.